The number of hydrogen-bond donors (Lipinski definition) is 3. The molecule has 1 aliphatic heterocycles. The lowest BCUT2D eigenvalue weighted by Gasteiger charge is -2.31. The zero-order chi connectivity index (χ0) is 24.1. The Balaban J connectivity index is 1.82. The summed E-state index contributed by atoms with van der Waals surface area (Å²) in [7, 11) is 4.95. The van der Waals surface area contributed by atoms with Crippen LogP contribution in [0, 0.1) is 0 Å². The van der Waals surface area contributed by atoms with Gasteiger partial charge in [-0.25, -0.2) is 0 Å². The highest BCUT2D eigenvalue weighted by Gasteiger charge is 2.32. The first-order valence-electron chi connectivity index (χ1n) is 11.2. The molecule has 2 unspecified atom stereocenters. The number of benzene rings is 3. The first kappa shape index (κ1) is 23.3. The summed E-state index contributed by atoms with van der Waals surface area (Å²) in [6.45, 7) is 2.37. The average Bonchev–Trinajstić information content (AvgIpc) is 2.89. The van der Waals surface area contributed by atoms with Crippen molar-refractivity contribution in [1.82, 2.24) is 5.32 Å². The molecule has 1 heterocycles. The number of methoxy groups -OCH3 is 3. The minimum atomic E-state index is -0.212. The highest BCUT2D eigenvalue weighted by atomic mass is 16.5. The molecule has 0 radical (unpaired) electrons. The fraction of sp³-hybridized carbons (Fsp3) is 0.259. The molecule has 1 aliphatic rings. The summed E-state index contributed by atoms with van der Waals surface area (Å²) < 4.78 is 22.2. The van der Waals surface area contributed by atoms with Crippen molar-refractivity contribution >= 4 is 5.70 Å². The topological polar surface area (TPSA) is 85.8 Å². The maximum atomic E-state index is 11.0. The minimum absolute atomic E-state index is 0.144. The Hall–Kier alpha value is -3.84. The second kappa shape index (κ2) is 10.4. The van der Waals surface area contributed by atoms with Gasteiger partial charge in [-0.3, -0.25) is 0 Å². The largest absolute Gasteiger partial charge is 0.504 e. The molecule has 0 aliphatic carbocycles. The number of nitrogens with one attached hydrogen (secondary N) is 1. The van der Waals surface area contributed by atoms with E-state index in [9.17, 15) is 5.11 Å². The maximum absolute atomic E-state index is 11.0. The van der Waals surface area contributed by atoms with Crippen LogP contribution >= 0.6 is 0 Å². The molecule has 0 aromatic heterocycles. The predicted octanol–water partition coefficient (Wildman–Crippen LogP) is 3.76. The number of aromatic hydroxyl groups is 1. The molecule has 178 valence electrons. The van der Waals surface area contributed by atoms with Crippen LogP contribution in [0.5, 0.6) is 28.7 Å². The summed E-state index contributed by atoms with van der Waals surface area (Å²) >= 11 is 0. The second-order valence-corrected chi connectivity index (χ2v) is 7.89. The number of rotatable bonds is 8. The van der Waals surface area contributed by atoms with Gasteiger partial charge in [0.1, 0.15) is 23.3 Å². The van der Waals surface area contributed by atoms with E-state index in [-0.39, 0.29) is 18.0 Å². The first-order chi connectivity index (χ1) is 16.6. The lowest BCUT2D eigenvalue weighted by Crippen LogP contribution is -2.89. The number of phenolic OH excluding ortho intramolecular Hbond substituents is 1. The van der Waals surface area contributed by atoms with E-state index in [0.29, 0.717) is 12.4 Å². The van der Waals surface area contributed by atoms with Gasteiger partial charge in [0.25, 0.3) is 0 Å². The van der Waals surface area contributed by atoms with Crippen LogP contribution in [0.1, 0.15) is 35.8 Å². The average molecular weight is 464 g/mol. The smallest absolute Gasteiger partial charge is 0.190 e. The van der Waals surface area contributed by atoms with Crippen molar-refractivity contribution in [1.29, 1.82) is 0 Å². The Morgan fingerprint density at radius 2 is 1.62 bits per heavy atom. The Morgan fingerprint density at radius 3 is 2.35 bits per heavy atom. The van der Waals surface area contributed by atoms with Gasteiger partial charge in [0.2, 0.25) is 0 Å². The third-order valence-corrected chi connectivity index (χ3v) is 5.90. The molecule has 0 saturated heterocycles. The minimum Gasteiger partial charge on any atom is -0.504 e. The summed E-state index contributed by atoms with van der Waals surface area (Å²) in [5, 5.41) is 16.8. The predicted molar refractivity (Wildman–Crippen MR) is 130 cm³/mol. The van der Waals surface area contributed by atoms with E-state index in [0.717, 1.165) is 39.6 Å². The van der Waals surface area contributed by atoms with Gasteiger partial charge in [-0.15, -0.1) is 0 Å². The van der Waals surface area contributed by atoms with E-state index in [1.54, 1.807) is 27.4 Å². The maximum Gasteiger partial charge on any atom is 0.190 e. The zero-order valence-electron chi connectivity index (χ0n) is 19.9. The van der Waals surface area contributed by atoms with Crippen molar-refractivity contribution < 1.29 is 29.4 Å². The van der Waals surface area contributed by atoms with Crippen LogP contribution in [0.3, 0.4) is 0 Å². The lowest BCUT2D eigenvalue weighted by atomic mass is 9.97. The van der Waals surface area contributed by atoms with Gasteiger partial charge in [-0.2, -0.15) is 0 Å². The van der Waals surface area contributed by atoms with Gasteiger partial charge in [-0.1, -0.05) is 18.2 Å². The molecular weight excluding hydrogens is 432 g/mol. The summed E-state index contributed by atoms with van der Waals surface area (Å²) in [6.07, 6.45) is 1.89. The number of phenols is 1. The third-order valence-electron chi connectivity index (χ3n) is 5.90. The molecule has 4 rings (SSSR count). The number of nitrogens with two attached hydrogens (primary N) is 1. The summed E-state index contributed by atoms with van der Waals surface area (Å²) in [6, 6.07) is 19.0. The van der Waals surface area contributed by atoms with Crippen molar-refractivity contribution in [3.63, 3.8) is 0 Å². The Labute approximate surface area is 199 Å². The van der Waals surface area contributed by atoms with Crippen molar-refractivity contribution in [2.75, 3.05) is 27.9 Å². The van der Waals surface area contributed by atoms with Crippen LogP contribution in [-0.4, -0.2) is 33.0 Å². The fourth-order valence-electron chi connectivity index (χ4n) is 4.21. The molecule has 34 heavy (non-hydrogen) atoms. The van der Waals surface area contributed by atoms with Crippen LogP contribution in [-0.2, 0) is 0 Å². The van der Waals surface area contributed by atoms with Crippen molar-refractivity contribution in [2.45, 2.75) is 19.1 Å². The Morgan fingerprint density at radius 1 is 0.853 bits per heavy atom. The van der Waals surface area contributed by atoms with E-state index in [4.69, 9.17) is 18.9 Å². The first-order valence-corrected chi connectivity index (χ1v) is 11.2. The summed E-state index contributed by atoms with van der Waals surface area (Å²) in [5.74, 6) is 2.86. The van der Waals surface area contributed by atoms with Gasteiger partial charge >= 0.3 is 0 Å². The molecular formula is C27H31N2O5+. The highest BCUT2D eigenvalue weighted by Crippen LogP contribution is 2.37. The molecule has 7 nitrogen and oxygen atoms in total. The van der Waals surface area contributed by atoms with Gasteiger partial charge < -0.3 is 34.7 Å². The molecule has 0 spiro atoms. The Kier molecular flexibility index (Phi) is 7.13. The van der Waals surface area contributed by atoms with E-state index >= 15 is 0 Å². The van der Waals surface area contributed by atoms with Crippen LogP contribution in [0.4, 0.5) is 0 Å². The molecule has 0 amide bonds. The SMILES string of the molecule is CCOc1cccc(C2C=C(c3cccc(OC)c3)NC(c3cc(OC)ccc3OC)[NH2+]2)c1O. The van der Waals surface area contributed by atoms with Gasteiger partial charge in [0.15, 0.2) is 17.7 Å². The normalized spacial score (nSPS) is 17.4. The number of ether oxygens (including phenoxy) is 4. The van der Waals surface area contributed by atoms with Gasteiger partial charge in [0, 0.05) is 17.3 Å². The van der Waals surface area contributed by atoms with Gasteiger partial charge in [-0.05, 0) is 49.4 Å². The van der Waals surface area contributed by atoms with Crippen LogP contribution < -0.4 is 29.6 Å². The van der Waals surface area contributed by atoms with Crippen LogP contribution in [0.2, 0.25) is 0 Å². The standard InChI is InChI=1S/C27H30N2O5/c1-5-34-25-11-7-10-20(26(25)30)23-16-22(17-8-6-9-18(14-17)31-2)28-27(29-23)21-15-19(32-3)12-13-24(21)33-4/h6-16,23,27-30H,5H2,1-4H3/p+1. The van der Waals surface area contributed by atoms with Crippen LogP contribution in [0.25, 0.3) is 5.70 Å². The van der Waals surface area contributed by atoms with Crippen molar-refractivity contribution in [3.8, 4) is 28.7 Å². The van der Waals surface area contributed by atoms with E-state index in [1.807, 2.05) is 61.5 Å². The van der Waals surface area contributed by atoms with Gasteiger partial charge in [0.05, 0.1) is 39.1 Å². The lowest BCUT2D eigenvalue weighted by molar-refractivity contribution is -0.731. The van der Waals surface area contributed by atoms with Crippen molar-refractivity contribution in [2.24, 2.45) is 0 Å². The molecule has 0 fully saturated rings. The van der Waals surface area contributed by atoms with E-state index in [1.165, 1.54) is 0 Å². The van der Waals surface area contributed by atoms with Crippen LogP contribution in [0.15, 0.2) is 66.7 Å². The second-order valence-electron chi connectivity index (χ2n) is 7.89. The molecule has 7 heteroatoms. The molecule has 3 aromatic rings. The van der Waals surface area contributed by atoms with E-state index in [2.05, 4.69) is 16.7 Å². The molecule has 4 N–H and O–H groups in total. The highest BCUT2D eigenvalue weighted by molar-refractivity contribution is 5.67. The molecule has 3 aromatic carbocycles. The van der Waals surface area contributed by atoms with E-state index < -0.39 is 0 Å². The van der Waals surface area contributed by atoms with Crippen molar-refractivity contribution in [3.05, 3.63) is 83.4 Å². The number of para-hydroxylation sites is 1. The zero-order valence-corrected chi connectivity index (χ0v) is 19.9. The molecule has 0 bridgehead atoms. The monoisotopic (exact) mass is 463 g/mol. The number of quaternary nitrogens is 1. The summed E-state index contributed by atoms with van der Waals surface area (Å²) in [5.41, 5.74) is 3.59. The Bertz CT molecular complexity index is 1180. The third kappa shape index (κ3) is 4.75. The number of hydrogen-bond acceptors (Lipinski definition) is 6. The molecule has 2 atom stereocenters. The fourth-order valence-corrected chi connectivity index (χ4v) is 4.21. The quantitative estimate of drug-likeness (QED) is 0.472. The summed E-state index contributed by atoms with van der Waals surface area (Å²) in [4.78, 5) is 0. The molecule has 0 saturated carbocycles.